The van der Waals surface area contributed by atoms with Crippen LogP contribution in [0, 0.1) is 11.3 Å². The monoisotopic (exact) mass is 276 g/mol. The average molecular weight is 276 g/mol. The van der Waals surface area contributed by atoms with Gasteiger partial charge in [0.25, 0.3) is 10.2 Å². The van der Waals surface area contributed by atoms with Crippen molar-refractivity contribution in [2.24, 2.45) is 11.3 Å². The molecule has 0 bridgehead atoms. The molecule has 2 heterocycles. The van der Waals surface area contributed by atoms with Crippen molar-refractivity contribution in [2.45, 2.75) is 33.1 Å². The highest BCUT2D eigenvalue weighted by molar-refractivity contribution is 7.86. The molecule has 1 N–H and O–H groups in total. The number of rotatable bonds is 3. The molecule has 1 atom stereocenters. The van der Waals surface area contributed by atoms with Crippen LogP contribution in [-0.4, -0.2) is 54.9 Å². The van der Waals surface area contributed by atoms with Crippen molar-refractivity contribution >= 4 is 10.2 Å². The van der Waals surface area contributed by atoms with Crippen LogP contribution in [0.1, 0.15) is 33.1 Å². The fraction of sp³-hybridized carbons (Fsp3) is 1.00. The zero-order chi connectivity index (χ0) is 13.4. The maximum atomic E-state index is 12.5. The molecule has 0 aromatic carbocycles. The number of piperidine rings is 1. The number of hydrogen-bond donors (Lipinski definition) is 1. The molecule has 2 fully saturated rings. The third kappa shape index (κ3) is 2.87. The van der Waals surface area contributed by atoms with Gasteiger partial charge >= 0.3 is 0 Å². The molecule has 6 heteroatoms. The predicted molar refractivity (Wildman–Crippen MR) is 70.3 cm³/mol. The molecule has 2 saturated heterocycles. The Morgan fingerprint density at radius 1 is 1.28 bits per heavy atom. The Balaban J connectivity index is 2.07. The first-order valence-corrected chi connectivity index (χ1v) is 8.11. The summed E-state index contributed by atoms with van der Waals surface area (Å²) in [6.45, 7) is 6.58. The minimum Gasteiger partial charge on any atom is -0.396 e. The maximum absolute atomic E-state index is 12.5. The normalized spacial score (nSPS) is 30.7. The van der Waals surface area contributed by atoms with Crippen LogP contribution in [0.3, 0.4) is 0 Å². The Bertz CT molecular complexity index is 394. The molecule has 0 radical (unpaired) electrons. The van der Waals surface area contributed by atoms with E-state index in [1.54, 1.807) is 8.61 Å². The van der Waals surface area contributed by atoms with Gasteiger partial charge in [0.1, 0.15) is 0 Å². The quantitative estimate of drug-likeness (QED) is 0.824. The van der Waals surface area contributed by atoms with Crippen molar-refractivity contribution in [1.29, 1.82) is 0 Å². The highest BCUT2D eigenvalue weighted by atomic mass is 32.2. The van der Waals surface area contributed by atoms with Gasteiger partial charge in [-0.05, 0) is 30.6 Å². The van der Waals surface area contributed by atoms with Crippen LogP contribution < -0.4 is 0 Å². The predicted octanol–water partition coefficient (Wildman–Crippen LogP) is 0.667. The highest BCUT2D eigenvalue weighted by Crippen LogP contribution is 2.32. The van der Waals surface area contributed by atoms with Gasteiger partial charge in [0, 0.05) is 32.8 Å². The van der Waals surface area contributed by atoms with E-state index in [9.17, 15) is 13.5 Å². The van der Waals surface area contributed by atoms with Crippen LogP contribution in [0.5, 0.6) is 0 Å². The minimum absolute atomic E-state index is 0.0809. The summed E-state index contributed by atoms with van der Waals surface area (Å²) in [7, 11) is -3.32. The topological polar surface area (TPSA) is 60.9 Å². The van der Waals surface area contributed by atoms with Gasteiger partial charge in [-0.2, -0.15) is 17.0 Å². The number of nitrogens with zero attached hydrogens (tertiary/aromatic N) is 2. The lowest BCUT2D eigenvalue weighted by Crippen LogP contribution is -2.48. The molecule has 18 heavy (non-hydrogen) atoms. The van der Waals surface area contributed by atoms with E-state index in [0.29, 0.717) is 26.2 Å². The molecule has 1 unspecified atom stereocenters. The van der Waals surface area contributed by atoms with Gasteiger partial charge in [-0.25, -0.2) is 0 Å². The summed E-state index contributed by atoms with van der Waals surface area (Å²) in [6.07, 6.45) is 2.69. The maximum Gasteiger partial charge on any atom is 0.282 e. The lowest BCUT2D eigenvalue weighted by Gasteiger charge is -2.34. The van der Waals surface area contributed by atoms with Gasteiger partial charge in [0.05, 0.1) is 0 Å². The Labute approximate surface area is 110 Å². The van der Waals surface area contributed by atoms with E-state index in [0.717, 1.165) is 19.3 Å². The van der Waals surface area contributed by atoms with Crippen LogP contribution in [0.25, 0.3) is 0 Å². The Kier molecular flexibility index (Phi) is 4.02. The molecule has 0 amide bonds. The van der Waals surface area contributed by atoms with Gasteiger partial charge < -0.3 is 5.11 Å². The van der Waals surface area contributed by atoms with Crippen LogP contribution in [0.4, 0.5) is 0 Å². The highest BCUT2D eigenvalue weighted by Gasteiger charge is 2.40. The summed E-state index contributed by atoms with van der Waals surface area (Å²) in [6, 6.07) is 0. The van der Waals surface area contributed by atoms with Gasteiger partial charge in [0.2, 0.25) is 0 Å². The molecule has 2 aliphatic heterocycles. The zero-order valence-electron chi connectivity index (χ0n) is 11.3. The standard InChI is InChI=1S/C12H24N2O3S/c1-12(2)5-7-14(10-12)18(16,17)13-6-3-4-11(8-13)9-15/h11,15H,3-10H2,1-2H3. The Morgan fingerprint density at radius 2 is 2.00 bits per heavy atom. The molecule has 0 aliphatic carbocycles. The molecular formula is C12H24N2O3S. The van der Waals surface area contributed by atoms with E-state index in [1.165, 1.54) is 0 Å². The van der Waals surface area contributed by atoms with E-state index >= 15 is 0 Å². The number of aliphatic hydroxyl groups excluding tert-OH is 1. The summed E-state index contributed by atoms with van der Waals surface area (Å²) in [5, 5.41) is 9.19. The van der Waals surface area contributed by atoms with Crippen LogP contribution in [-0.2, 0) is 10.2 Å². The van der Waals surface area contributed by atoms with Crippen molar-refractivity contribution in [3.05, 3.63) is 0 Å². The second-order valence-corrected chi connectivity index (χ2v) is 8.23. The summed E-state index contributed by atoms with van der Waals surface area (Å²) in [5.41, 5.74) is 0.0826. The molecule has 0 saturated carbocycles. The fourth-order valence-corrected chi connectivity index (χ4v) is 4.73. The van der Waals surface area contributed by atoms with Crippen LogP contribution >= 0.6 is 0 Å². The average Bonchev–Trinajstić information content (AvgIpc) is 2.70. The van der Waals surface area contributed by atoms with Gasteiger partial charge in [0.15, 0.2) is 0 Å². The number of aliphatic hydroxyl groups is 1. The van der Waals surface area contributed by atoms with E-state index in [-0.39, 0.29) is 17.9 Å². The summed E-state index contributed by atoms with van der Waals surface area (Å²) in [4.78, 5) is 0. The third-order valence-electron chi connectivity index (χ3n) is 4.03. The van der Waals surface area contributed by atoms with Crippen molar-refractivity contribution in [1.82, 2.24) is 8.61 Å². The van der Waals surface area contributed by atoms with E-state index < -0.39 is 10.2 Å². The molecule has 5 nitrogen and oxygen atoms in total. The van der Waals surface area contributed by atoms with Gasteiger partial charge in [-0.1, -0.05) is 13.8 Å². The third-order valence-corrected chi connectivity index (χ3v) is 5.98. The van der Waals surface area contributed by atoms with Crippen molar-refractivity contribution < 1.29 is 13.5 Å². The molecule has 0 aromatic heterocycles. The largest absolute Gasteiger partial charge is 0.396 e. The summed E-state index contributed by atoms with van der Waals surface area (Å²) >= 11 is 0. The minimum atomic E-state index is -3.32. The first-order valence-electron chi connectivity index (χ1n) is 6.71. The van der Waals surface area contributed by atoms with E-state index in [4.69, 9.17) is 0 Å². The van der Waals surface area contributed by atoms with Gasteiger partial charge in [-0.15, -0.1) is 0 Å². The van der Waals surface area contributed by atoms with E-state index in [1.807, 2.05) is 0 Å². The zero-order valence-corrected chi connectivity index (χ0v) is 12.1. The Morgan fingerprint density at radius 3 is 2.56 bits per heavy atom. The molecular weight excluding hydrogens is 252 g/mol. The fourth-order valence-electron chi connectivity index (χ4n) is 2.81. The molecule has 106 valence electrons. The van der Waals surface area contributed by atoms with Crippen molar-refractivity contribution in [3.63, 3.8) is 0 Å². The first-order chi connectivity index (χ1) is 8.35. The summed E-state index contributed by atoms with van der Waals surface area (Å²) < 4.78 is 28.2. The van der Waals surface area contributed by atoms with Gasteiger partial charge in [-0.3, -0.25) is 0 Å². The second-order valence-electron chi connectivity index (χ2n) is 6.30. The Hall–Kier alpha value is -0.170. The van der Waals surface area contributed by atoms with Crippen molar-refractivity contribution in [2.75, 3.05) is 32.8 Å². The van der Waals surface area contributed by atoms with E-state index in [2.05, 4.69) is 13.8 Å². The lowest BCUT2D eigenvalue weighted by atomic mass is 9.93. The van der Waals surface area contributed by atoms with Crippen molar-refractivity contribution in [3.8, 4) is 0 Å². The smallest absolute Gasteiger partial charge is 0.282 e. The summed E-state index contributed by atoms with van der Waals surface area (Å²) in [5.74, 6) is 0.101. The SMILES string of the molecule is CC1(C)CCN(S(=O)(=O)N2CCCC(CO)C2)C1. The first kappa shape index (κ1) is 14.2. The molecule has 2 aliphatic rings. The van der Waals surface area contributed by atoms with Crippen LogP contribution in [0.2, 0.25) is 0 Å². The van der Waals surface area contributed by atoms with Crippen LogP contribution in [0.15, 0.2) is 0 Å². The number of hydrogen-bond acceptors (Lipinski definition) is 3. The molecule has 0 aromatic rings. The molecule has 0 spiro atoms. The lowest BCUT2D eigenvalue weighted by molar-refractivity contribution is 0.161. The molecule has 2 rings (SSSR count). The second kappa shape index (κ2) is 5.07.